The highest BCUT2D eigenvalue weighted by atomic mass is 32.2. The van der Waals surface area contributed by atoms with Gasteiger partial charge in [-0.15, -0.1) is 0 Å². The third kappa shape index (κ3) is 3.33. The van der Waals surface area contributed by atoms with Crippen molar-refractivity contribution in [3.05, 3.63) is 24.3 Å². The third-order valence-electron chi connectivity index (χ3n) is 4.13. The highest BCUT2D eigenvalue weighted by Gasteiger charge is 2.29. The van der Waals surface area contributed by atoms with Gasteiger partial charge in [0, 0.05) is 12.6 Å². The molecule has 1 aromatic rings. The van der Waals surface area contributed by atoms with Gasteiger partial charge in [-0.2, -0.15) is 0 Å². The Kier molecular flexibility index (Phi) is 3.98. The first-order chi connectivity index (χ1) is 9.65. The maximum atomic E-state index is 12.3. The van der Waals surface area contributed by atoms with Gasteiger partial charge in [-0.1, -0.05) is 25.0 Å². The van der Waals surface area contributed by atoms with E-state index in [0.29, 0.717) is 10.8 Å². The van der Waals surface area contributed by atoms with Crippen LogP contribution in [0, 0.1) is 5.92 Å². The molecule has 0 heterocycles. The fourth-order valence-corrected chi connectivity index (χ4v) is 4.29. The van der Waals surface area contributed by atoms with Gasteiger partial charge in [0.1, 0.15) is 4.90 Å². The highest BCUT2D eigenvalue weighted by Crippen LogP contribution is 2.28. The van der Waals surface area contributed by atoms with Gasteiger partial charge < -0.3 is 5.32 Å². The SMILES string of the molecule is O=S(=O)(NC1CC1)c1ccccc1NCC1CCCC1. The van der Waals surface area contributed by atoms with Crippen LogP contribution in [0.3, 0.4) is 0 Å². The number of hydrogen-bond acceptors (Lipinski definition) is 3. The molecule has 20 heavy (non-hydrogen) atoms. The molecule has 5 heteroatoms. The van der Waals surface area contributed by atoms with Crippen molar-refractivity contribution >= 4 is 15.7 Å². The predicted molar refractivity (Wildman–Crippen MR) is 80.2 cm³/mol. The number of rotatable bonds is 6. The van der Waals surface area contributed by atoms with Crippen LogP contribution in [0.5, 0.6) is 0 Å². The van der Waals surface area contributed by atoms with Gasteiger partial charge in [0.15, 0.2) is 0 Å². The summed E-state index contributed by atoms with van der Waals surface area (Å²) in [6.45, 7) is 0.871. The maximum Gasteiger partial charge on any atom is 0.242 e. The topological polar surface area (TPSA) is 58.2 Å². The quantitative estimate of drug-likeness (QED) is 0.848. The molecular weight excluding hydrogens is 272 g/mol. The van der Waals surface area contributed by atoms with Crippen molar-refractivity contribution in [1.29, 1.82) is 0 Å². The van der Waals surface area contributed by atoms with E-state index in [1.54, 1.807) is 12.1 Å². The van der Waals surface area contributed by atoms with Crippen molar-refractivity contribution < 1.29 is 8.42 Å². The lowest BCUT2D eigenvalue weighted by molar-refractivity contribution is 0.574. The van der Waals surface area contributed by atoms with E-state index in [1.165, 1.54) is 25.7 Å². The molecule has 2 N–H and O–H groups in total. The molecule has 4 nitrogen and oxygen atoms in total. The smallest absolute Gasteiger partial charge is 0.242 e. The van der Waals surface area contributed by atoms with Crippen LogP contribution in [0.2, 0.25) is 0 Å². The molecule has 0 aromatic heterocycles. The second-order valence-corrected chi connectivity index (χ2v) is 7.61. The summed E-state index contributed by atoms with van der Waals surface area (Å²) in [6, 6.07) is 7.34. The fourth-order valence-electron chi connectivity index (χ4n) is 2.80. The van der Waals surface area contributed by atoms with Crippen molar-refractivity contribution in [3.63, 3.8) is 0 Å². The van der Waals surface area contributed by atoms with E-state index in [9.17, 15) is 8.42 Å². The Morgan fingerprint density at radius 3 is 2.45 bits per heavy atom. The molecule has 0 aliphatic heterocycles. The lowest BCUT2D eigenvalue weighted by Crippen LogP contribution is -2.27. The Bertz CT molecular complexity index is 561. The zero-order valence-corrected chi connectivity index (χ0v) is 12.5. The summed E-state index contributed by atoms with van der Waals surface area (Å²) in [6.07, 6.45) is 7.02. The zero-order chi connectivity index (χ0) is 14.0. The summed E-state index contributed by atoms with van der Waals surface area (Å²) in [4.78, 5) is 0.380. The first-order valence-corrected chi connectivity index (χ1v) is 8.99. The van der Waals surface area contributed by atoms with Crippen LogP contribution in [0.1, 0.15) is 38.5 Å². The number of benzene rings is 1. The Morgan fingerprint density at radius 2 is 1.75 bits per heavy atom. The summed E-state index contributed by atoms with van der Waals surface area (Å²) >= 11 is 0. The molecule has 1 aromatic carbocycles. The maximum absolute atomic E-state index is 12.3. The van der Waals surface area contributed by atoms with Crippen LogP contribution < -0.4 is 10.0 Å². The average Bonchev–Trinajstić information content (AvgIpc) is 3.07. The lowest BCUT2D eigenvalue weighted by atomic mass is 10.1. The number of hydrogen-bond donors (Lipinski definition) is 2. The van der Waals surface area contributed by atoms with E-state index in [2.05, 4.69) is 10.0 Å². The molecule has 3 rings (SSSR count). The van der Waals surface area contributed by atoms with E-state index in [1.807, 2.05) is 12.1 Å². The minimum atomic E-state index is -3.39. The minimum absolute atomic E-state index is 0.142. The second-order valence-electron chi connectivity index (χ2n) is 5.92. The van der Waals surface area contributed by atoms with Gasteiger partial charge in [0.2, 0.25) is 10.0 Å². The van der Waals surface area contributed by atoms with Crippen molar-refractivity contribution in [2.24, 2.45) is 5.92 Å². The van der Waals surface area contributed by atoms with Crippen molar-refractivity contribution in [3.8, 4) is 0 Å². The van der Waals surface area contributed by atoms with Crippen molar-refractivity contribution in [2.45, 2.75) is 49.5 Å². The molecule has 0 radical (unpaired) electrons. The summed E-state index contributed by atoms with van der Waals surface area (Å²) in [5.41, 5.74) is 0.729. The standard InChI is InChI=1S/C15H22N2O2S/c18-20(19,17-13-9-10-13)15-8-4-3-7-14(15)16-11-12-5-1-2-6-12/h3-4,7-8,12-13,16-17H,1-2,5-6,9-11H2. The molecule has 0 atom stereocenters. The van der Waals surface area contributed by atoms with Gasteiger partial charge >= 0.3 is 0 Å². The molecule has 0 amide bonds. The summed E-state index contributed by atoms with van der Waals surface area (Å²) < 4.78 is 27.4. The van der Waals surface area contributed by atoms with Crippen LogP contribution in [-0.2, 0) is 10.0 Å². The number of anilines is 1. The normalized spacial score (nSPS) is 20.2. The number of nitrogens with one attached hydrogen (secondary N) is 2. The Morgan fingerprint density at radius 1 is 1.05 bits per heavy atom. The molecule has 2 aliphatic rings. The van der Waals surface area contributed by atoms with Crippen LogP contribution in [-0.4, -0.2) is 21.0 Å². The predicted octanol–water partition coefficient (Wildman–Crippen LogP) is 2.73. The minimum Gasteiger partial charge on any atom is -0.384 e. The summed E-state index contributed by atoms with van der Waals surface area (Å²) in [7, 11) is -3.39. The first-order valence-electron chi connectivity index (χ1n) is 7.50. The van der Waals surface area contributed by atoms with Crippen LogP contribution >= 0.6 is 0 Å². The fraction of sp³-hybridized carbons (Fsp3) is 0.600. The highest BCUT2D eigenvalue weighted by molar-refractivity contribution is 7.89. The van der Waals surface area contributed by atoms with E-state index in [4.69, 9.17) is 0 Å². The summed E-state index contributed by atoms with van der Waals surface area (Å²) in [5, 5.41) is 3.34. The van der Waals surface area contributed by atoms with E-state index < -0.39 is 10.0 Å². The molecule has 0 unspecified atom stereocenters. The van der Waals surface area contributed by atoms with E-state index in [0.717, 1.165) is 25.1 Å². The third-order valence-corrected chi connectivity index (χ3v) is 5.71. The van der Waals surface area contributed by atoms with E-state index in [-0.39, 0.29) is 6.04 Å². The average molecular weight is 294 g/mol. The second kappa shape index (κ2) is 5.74. The van der Waals surface area contributed by atoms with Crippen LogP contribution in [0.4, 0.5) is 5.69 Å². The monoisotopic (exact) mass is 294 g/mol. The van der Waals surface area contributed by atoms with Gasteiger partial charge in [-0.25, -0.2) is 13.1 Å². The molecular formula is C15H22N2O2S. The van der Waals surface area contributed by atoms with Crippen molar-refractivity contribution in [1.82, 2.24) is 4.72 Å². The molecule has 2 saturated carbocycles. The Balaban J connectivity index is 1.73. The summed E-state index contributed by atoms with van der Waals surface area (Å²) in [5.74, 6) is 0.683. The molecule has 2 fully saturated rings. The number of para-hydroxylation sites is 1. The van der Waals surface area contributed by atoms with E-state index >= 15 is 0 Å². The molecule has 2 aliphatic carbocycles. The lowest BCUT2D eigenvalue weighted by Gasteiger charge is -2.15. The molecule has 0 saturated heterocycles. The number of sulfonamides is 1. The van der Waals surface area contributed by atoms with Crippen molar-refractivity contribution in [2.75, 3.05) is 11.9 Å². The molecule has 0 spiro atoms. The van der Waals surface area contributed by atoms with Gasteiger partial charge in [0.25, 0.3) is 0 Å². The Hall–Kier alpha value is -1.07. The Labute approximate surface area is 121 Å². The van der Waals surface area contributed by atoms with Gasteiger partial charge in [-0.3, -0.25) is 0 Å². The zero-order valence-electron chi connectivity index (χ0n) is 11.6. The first kappa shape index (κ1) is 13.9. The largest absolute Gasteiger partial charge is 0.384 e. The van der Waals surface area contributed by atoms with Gasteiger partial charge in [-0.05, 0) is 43.7 Å². The molecule has 0 bridgehead atoms. The van der Waals surface area contributed by atoms with Crippen LogP contribution in [0.25, 0.3) is 0 Å². The van der Waals surface area contributed by atoms with Crippen LogP contribution in [0.15, 0.2) is 29.2 Å². The molecule has 110 valence electrons. The van der Waals surface area contributed by atoms with Gasteiger partial charge in [0.05, 0.1) is 5.69 Å².